The zero-order chi connectivity index (χ0) is 8.32. The Morgan fingerprint density at radius 1 is 1.27 bits per heavy atom. The molecule has 1 nitrogen and oxygen atoms in total. The van der Waals surface area contributed by atoms with Crippen molar-refractivity contribution in [2.45, 2.75) is 44.0 Å². The molecule has 1 atom stereocenters. The van der Waals surface area contributed by atoms with Crippen LogP contribution in [0.15, 0.2) is 0 Å². The Labute approximate surface area is 78.3 Å². The van der Waals surface area contributed by atoms with Gasteiger partial charge in [-0.05, 0) is 39.3 Å². The predicted octanol–water partition coefficient (Wildman–Crippen LogP) is 2.99. The average molecular weight is 220 g/mol. The number of likely N-dealkylation sites (tertiary alicyclic amines) is 1. The molecule has 1 fully saturated rings. The molecular formula is C9H18BrN. The first-order valence-corrected chi connectivity index (χ1v) is 5.40. The lowest BCUT2D eigenvalue weighted by molar-refractivity contribution is 0.151. The zero-order valence-corrected chi connectivity index (χ0v) is 9.15. The Balaban J connectivity index is 2.43. The fourth-order valence-corrected chi connectivity index (χ4v) is 1.94. The van der Waals surface area contributed by atoms with Crippen molar-refractivity contribution >= 4 is 15.9 Å². The Morgan fingerprint density at radius 2 is 1.82 bits per heavy atom. The standard InChI is InChI=1S/C9H18BrN/c1-3-9(2,10)11-7-5-4-6-8-11/h3-8H2,1-2H3. The van der Waals surface area contributed by atoms with E-state index in [0.717, 1.165) is 0 Å². The van der Waals surface area contributed by atoms with Gasteiger partial charge in [-0.3, -0.25) is 4.90 Å². The summed E-state index contributed by atoms with van der Waals surface area (Å²) in [5.74, 6) is 0. The van der Waals surface area contributed by atoms with Crippen molar-refractivity contribution in [2.24, 2.45) is 0 Å². The Bertz CT molecular complexity index is 117. The maximum Gasteiger partial charge on any atom is 0.0736 e. The summed E-state index contributed by atoms with van der Waals surface area (Å²) in [6.07, 6.45) is 5.36. The number of piperidine rings is 1. The van der Waals surface area contributed by atoms with Gasteiger partial charge in [0.05, 0.1) is 4.45 Å². The lowest BCUT2D eigenvalue weighted by Gasteiger charge is -2.38. The van der Waals surface area contributed by atoms with Gasteiger partial charge in [-0.2, -0.15) is 0 Å². The van der Waals surface area contributed by atoms with Gasteiger partial charge in [0, 0.05) is 0 Å². The number of nitrogens with zero attached hydrogens (tertiary/aromatic N) is 1. The number of alkyl halides is 1. The monoisotopic (exact) mass is 219 g/mol. The van der Waals surface area contributed by atoms with E-state index in [1.54, 1.807) is 0 Å². The Hall–Kier alpha value is 0.440. The minimum atomic E-state index is 0.257. The zero-order valence-electron chi connectivity index (χ0n) is 7.57. The summed E-state index contributed by atoms with van der Waals surface area (Å²) >= 11 is 3.77. The highest BCUT2D eigenvalue weighted by atomic mass is 79.9. The third-order valence-corrected chi connectivity index (χ3v) is 3.72. The first-order valence-electron chi connectivity index (χ1n) is 4.61. The summed E-state index contributed by atoms with van der Waals surface area (Å²) in [7, 11) is 0. The molecule has 0 saturated carbocycles. The van der Waals surface area contributed by atoms with Crippen LogP contribution >= 0.6 is 15.9 Å². The number of hydrogen-bond donors (Lipinski definition) is 0. The van der Waals surface area contributed by atoms with Crippen molar-refractivity contribution in [1.82, 2.24) is 4.90 Å². The smallest absolute Gasteiger partial charge is 0.0736 e. The van der Waals surface area contributed by atoms with Crippen LogP contribution in [0.4, 0.5) is 0 Å². The van der Waals surface area contributed by atoms with Crippen LogP contribution in [0.1, 0.15) is 39.5 Å². The van der Waals surface area contributed by atoms with Gasteiger partial charge in [-0.25, -0.2) is 0 Å². The molecular weight excluding hydrogens is 202 g/mol. The molecule has 1 unspecified atom stereocenters. The highest BCUT2D eigenvalue weighted by Crippen LogP contribution is 2.29. The molecule has 1 rings (SSSR count). The maximum atomic E-state index is 3.77. The third-order valence-electron chi connectivity index (χ3n) is 2.66. The lowest BCUT2D eigenvalue weighted by atomic mass is 10.1. The topological polar surface area (TPSA) is 3.24 Å². The Kier molecular flexibility index (Phi) is 3.38. The summed E-state index contributed by atoms with van der Waals surface area (Å²) < 4.78 is 0.257. The van der Waals surface area contributed by atoms with Gasteiger partial charge in [0.1, 0.15) is 0 Å². The molecule has 0 aliphatic carbocycles. The highest BCUT2D eigenvalue weighted by Gasteiger charge is 2.27. The van der Waals surface area contributed by atoms with Crippen LogP contribution in [0.25, 0.3) is 0 Å². The van der Waals surface area contributed by atoms with Crippen LogP contribution in [-0.4, -0.2) is 22.4 Å². The second-order valence-electron chi connectivity index (χ2n) is 3.54. The SMILES string of the molecule is CCC(C)(Br)N1CCCCC1. The number of hydrogen-bond acceptors (Lipinski definition) is 1. The molecule has 0 bridgehead atoms. The number of rotatable bonds is 2. The van der Waals surface area contributed by atoms with Gasteiger partial charge >= 0.3 is 0 Å². The van der Waals surface area contributed by atoms with Crippen molar-refractivity contribution in [3.8, 4) is 0 Å². The van der Waals surface area contributed by atoms with E-state index in [2.05, 4.69) is 34.7 Å². The van der Waals surface area contributed by atoms with Gasteiger partial charge in [-0.15, -0.1) is 0 Å². The molecule has 66 valence electrons. The third kappa shape index (κ3) is 2.45. The quantitative estimate of drug-likeness (QED) is 0.510. The molecule has 1 aliphatic rings. The van der Waals surface area contributed by atoms with E-state index < -0.39 is 0 Å². The van der Waals surface area contributed by atoms with Gasteiger partial charge in [0.2, 0.25) is 0 Å². The summed E-state index contributed by atoms with van der Waals surface area (Å²) in [5, 5.41) is 0. The van der Waals surface area contributed by atoms with E-state index in [0.29, 0.717) is 0 Å². The average Bonchev–Trinajstić information content (AvgIpc) is 2.06. The van der Waals surface area contributed by atoms with Crippen LogP contribution < -0.4 is 0 Å². The molecule has 0 radical (unpaired) electrons. The van der Waals surface area contributed by atoms with Gasteiger partial charge in [-0.1, -0.05) is 29.3 Å². The largest absolute Gasteiger partial charge is 0.289 e. The molecule has 0 aromatic carbocycles. The first-order chi connectivity index (χ1) is 5.17. The fourth-order valence-electron chi connectivity index (χ4n) is 1.58. The summed E-state index contributed by atoms with van der Waals surface area (Å²) in [5.41, 5.74) is 0. The highest BCUT2D eigenvalue weighted by molar-refractivity contribution is 9.10. The minimum absolute atomic E-state index is 0.257. The van der Waals surface area contributed by atoms with Crippen molar-refractivity contribution in [3.05, 3.63) is 0 Å². The van der Waals surface area contributed by atoms with Crippen LogP contribution in [0.3, 0.4) is 0 Å². The van der Waals surface area contributed by atoms with E-state index in [-0.39, 0.29) is 4.45 Å². The normalized spacial score (nSPS) is 26.5. The van der Waals surface area contributed by atoms with E-state index in [4.69, 9.17) is 0 Å². The molecule has 1 heterocycles. The predicted molar refractivity (Wildman–Crippen MR) is 53.0 cm³/mol. The van der Waals surface area contributed by atoms with Crippen LogP contribution in [0.5, 0.6) is 0 Å². The molecule has 0 aromatic rings. The first kappa shape index (κ1) is 9.53. The maximum absolute atomic E-state index is 3.77. The van der Waals surface area contributed by atoms with E-state index in [1.165, 1.54) is 38.8 Å². The van der Waals surface area contributed by atoms with E-state index >= 15 is 0 Å². The van der Waals surface area contributed by atoms with Crippen LogP contribution in [0.2, 0.25) is 0 Å². The second-order valence-corrected chi connectivity index (χ2v) is 5.25. The van der Waals surface area contributed by atoms with Gasteiger partial charge in [0.25, 0.3) is 0 Å². The second kappa shape index (κ2) is 3.90. The molecule has 0 aromatic heterocycles. The van der Waals surface area contributed by atoms with Crippen molar-refractivity contribution in [1.29, 1.82) is 0 Å². The molecule has 11 heavy (non-hydrogen) atoms. The minimum Gasteiger partial charge on any atom is -0.289 e. The molecule has 0 N–H and O–H groups in total. The molecule has 2 heteroatoms. The Morgan fingerprint density at radius 3 is 2.27 bits per heavy atom. The molecule has 0 amide bonds. The summed E-state index contributed by atoms with van der Waals surface area (Å²) in [6, 6.07) is 0. The van der Waals surface area contributed by atoms with E-state index in [9.17, 15) is 0 Å². The van der Waals surface area contributed by atoms with Crippen molar-refractivity contribution in [2.75, 3.05) is 13.1 Å². The van der Waals surface area contributed by atoms with Gasteiger partial charge in [0.15, 0.2) is 0 Å². The summed E-state index contributed by atoms with van der Waals surface area (Å²) in [6.45, 7) is 7.06. The van der Waals surface area contributed by atoms with Crippen LogP contribution in [-0.2, 0) is 0 Å². The van der Waals surface area contributed by atoms with Crippen LogP contribution in [0, 0.1) is 0 Å². The molecule has 0 spiro atoms. The number of halogens is 1. The molecule has 1 saturated heterocycles. The van der Waals surface area contributed by atoms with Crippen molar-refractivity contribution < 1.29 is 0 Å². The van der Waals surface area contributed by atoms with E-state index in [1.807, 2.05) is 0 Å². The fraction of sp³-hybridized carbons (Fsp3) is 1.00. The molecule has 1 aliphatic heterocycles. The van der Waals surface area contributed by atoms with Crippen molar-refractivity contribution in [3.63, 3.8) is 0 Å². The summed E-state index contributed by atoms with van der Waals surface area (Å²) in [4.78, 5) is 2.55. The van der Waals surface area contributed by atoms with Gasteiger partial charge < -0.3 is 0 Å². The lowest BCUT2D eigenvalue weighted by Crippen LogP contribution is -2.43.